The Labute approximate surface area is 458 Å². The van der Waals surface area contributed by atoms with E-state index in [0.29, 0.717) is 11.1 Å². The predicted molar refractivity (Wildman–Crippen MR) is 328 cm³/mol. The van der Waals surface area contributed by atoms with Gasteiger partial charge in [0.05, 0.1) is 34.6 Å². The third kappa shape index (κ3) is 8.88. The number of rotatable bonds is 10. The molecule has 0 atom stereocenters. The molecule has 0 aliphatic carbocycles. The Morgan fingerprint density at radius 2 is 0.628 bits per heavy atom. The predicted octanol–water partition coefficient (Wildman–Crippen LogP) is 20.5. The van der Waals surface area contributed by atoms with Crippen LogP contribution in [-0.2, 0) is 5.41 Å². The highest BCUT2D eigenvalue weighted by Crippen LogP contribution is 2.53. The third-order valence-electron chi connectivity index (χ3n) is 15.7. The lowest BCUT2D eigenvalue weighted by molar-refractivity contribution is 0.591. The molecule has 0 heterocycles. The monoisotopic (exact) mass is 1000 g/mol. The molecule has 0 aliphatic heterocycles. The van der Waals surface area contributed by atoms with Crippen molar-refractivity contribution in [3.63, 3.8) is 0 Å². The first-order valence-electron chi connectivity index (χ1n) is 26.8. The first kappa shape index (κ1) is 49.2. The molecule has 0 fully saturated rings. The molecule has 0 aliphatic rings. The van der Waals surface area contributed by atoms with Gasteiger partial charge in [0.2, 0.25) is 0 Å². The molecule has 78 heavy (non-hydrogen) atoms. The average Bonchev–Trinajstić information content (AvgIpc) is 3.66. The molecule has 0 spiro atoms. The second-order valence-electron chi connectivity index (χ2n) is 21.8. The zero-order valence-corrected chi connectivity index (χ0v) is 45.2. The smallest absolute Gasteiger partial charge is 0.0991 e. The summed E-state index contributed by atoms with van der Waals surface area (Å²) in [5, 5.41) is 26.7. The molecule has 0 aromatic heterocycles. The van der Waals surface area contributed by atoms with Crippen molar-refractivity contribution >= 4 is 66.4 Å². The topological polar surface area (TPSA) is 54.1 Å². The maximum atomic E-state index is 9.79. The lowest BCUT2D eigenvalue weighted by Gasteiger charge is -2.35. The van der Waals surface area contributed by atoms with E-state index in [2.05, 4.69) is 271 Å². The van der Waals surface area contributed by atoms with Gasteiger partial charge in [0.25, 0.3) is 0 Å². The molecule has 12 rings (SSSR count). The second kappa shape index (κ2) is 19.8. The van der Waals surface area contributed by atoms with E-state index in [0.717, 1.165) is 112 Å². The van der Waals surface area contributed by atoms with Crippen molar-refractivity contribution in [2.24, 2.45) is 0 Å². The van der Waals surface area contributed by atoms with Crippen LogP contribution in [0.5, 0.6) is 0 Å². The van der Waals surface area contributed by atoms with Crippen molar-refractivity contribution in [2.75, 3.05) is 9.80 Å². The summed E-state index contributed by atoms with van der Waals surface area (Å²) < 4.78 is 0. The summed E-state index contributed by atoms with van der Waals surface area (Å²) in [5.41, 5.74) is 22.0. The van der Waals surface area contributed by atoms with Crippen LogP contribution >= 0.6 is 0 Å². The van der Waals surface area contributed by atoms with Gasteiger partial charge in [-0.25, -0.2) is 0 Å². The van der Waals surface area contributed by atoms with Gasteiger partial charge in [0.1, 0.15) is 0 Å². The quantitative estimate of drug-likeness (QED) is 0.128. The SMILES string of the molecule is Cc1ccc(-c2ccccc2)cc1N(c1cc(-c2ccc(C#N)cc2)ccc1C)c1cc(N(c2cc(-c3ccccc3)ccc2C)c2cc(-c3ccc(C#N)cc3)ccc2C)c2ccc3cc(C(C)(C)C)cc4ccc1c2c43. The summed E-state index contributed by atoms with van der Waals surface area (Å²) in [6.45, 7) is 15.8. The molecule has 12 aromatic rings. The lowest BCUT2D eigenvalue weighted by Crippen LogP contribution is -2.17. The fourth-order valence-electron chi connectivity index (χ4n) is 11.3. The van der Waals surface area contributed by atoms with Gasteiger partial charge in [-0.15, -0.1) is 0 Å². The summed E-state index contributed by atoms with van der Waals surface area (Å²) in [6, 6.07) is 85.7. The van der Waals surface area contributed by atoms with E-state index in [9.17, 15) is 10.5 Å². The minimum atomic E-state index is -0.0636. The fourth-order valence-corrected chi connectivity index (χ4v) is 11.3. The minimum Gasteiger partial charge on any atom is -0.309 e. The van der Waals surface area contributed by atoms with Gasteiger partial charge in [-0.1, -0.05) is 191 Å². The Morgan fingerprint density at radius 1 is 0.308 bits per heavy atom. The van der Waals surface area contributed by atoms with Crippen molar-refractivity contribution in [1.82, 2.24) is 0 Å². The number of nitrogens with zero attached hydrogens (tertiary/aromatic N) is 4. The van der Waals surface area contributed by atoms with Gasteiger partial charge >= 0.3 is 0 Å². The van der Waals surface area contributed by atoms with Crippen LogP contribution in [0.1, 0.15) is 59.7 Å². The van der Waals surface area contributed by atoms with Gasteiger partial charge in [0.15, 0.2) is 0 Å². The first-order valence-corrected chi connectivity index (χ1v) is 26.8. The van der Waals surface area contributed by atoms with Crippen molar-refractivity contribution in [3.8, 4) is 56.6 Å². The van der Waals surface area contributed by atoms with Crippen LogP contribution in [0.4, 0.5) is 34.1 Å². The minimum absolute atomic E-state index is 0.0636. The van der Waals surface area contributed by atoms with Gasteiger partial charge in [-0.05, 0) is 176 Å². The van der Waals surface area contributed by atoms with E-state index < -0.39 is 0 Å². The molecule has 4 heteroatoms. The molecule has 12 aromatic carbocycles. The first-order chi connectivity index (χ1) is 37.8. The van der Waals surface area contributed by atoms with E-state index in [1.54, 1.807) is 0 Å². The van der Waals surface area contributed by atoms with E-state index in [1.165, 1.54) is 27.1 Å². The fraction of sp³-hybridized carbons (Fsp3) is 0.108. The van der Waals surface area contributed by atoms with Gasteiger partial charge in [-0.2, -0.15) is 10.5 Å². The van der Waals surface area contributed by atoms with Crippen molar-refractivity contribution < 1.29 is 0 Å². The molecule has 374 valence electrons. The van der Waals surface area contributed by atoms with Crippen LogP contribution < -0.4 is 9.80 Å². The number of hydrogen-bond acceptors (Lipinski definition) is 4. The summed E-state index contributed by atoms with van der Waals surface area (Å²) in [6.07, 6.45) is 0. The number of benzene rings is 12. The van der Waals surface area contributed by atoms with Gasteiger partial charge in [-0.3, -0.25) is 0 Å². The molecular weight excluding hydrogens is 945 g/mol. The molecule has 0 amide bonds. The number of nitriles is 2. The van der Waals surface area contributed by atoms with Gasteiger partial charge < -0.3 is 9.80 Å². The van der Waals surface area contributed by atoms with Crippen molar-refractivity contribution in [2.45, 2.75) is 53.9 Å². The second-order valence-corrected chi connectivity index (χ2v) is 21.8. The Balaban J connectivity index is 1.23. The molecule has 0 saturated heterocycles. The van der Waals surface area contributed by atoms with Crippen LogP contribution in [-0.4, -0.2) is 0 Å². The molecular formula is C74H58N4. The Kier molecular flexibility index (Phi) is 12.4. The molecule has 0 bridgehead atoms. The molecule has 0 radical (unpaired) electrons. The number of anilines is 6. The summed E-state index contributed by atoms with van der Waals surface area (Å²) in [4.78, 5) is 5.04. The van der Waals surface area contributed by atoms with Crippen LogP contribution in [0, 0.1) is 50.4 Å². The van der Waals surface area contributed by atoms with E-state index in [-0.39, 0.29) is 5.41 Å². The normalized spacial score (nSPS) is 11.5. The Hall–Kier alpha value is -9.74. The summed E-state index contributed by atoms with van der Waals surface area (Å²) in [5.74, 6) is 0. The Bertz CT molecular complexity index is 4070. The third-order valence-corrected chi connectivity index (χ3v) is 15.7. The zero-order valence-electron chi connectivity index (χ0n) is 45.2. The largest absolute Gasteiger partial charge is 0.309 e. The van der Waals surface area contributed by atoms with Crippen LogP contribution in [0.25, 0.3) is 76.8 Å². The standard InChI is InChI=1S/C74H58N4/c1-47-18-26-57(53-14-10-8-11-15-53)40-66(47)77(68-42-59(28-20-49(68)3)55-30-22-51(45-75)23-31-55)70-44-71(65-37-35-62-39-63(74(5,6)7)38-61-34-36-64(70)73(65)72(61)62)78(67-41-58(27-19-48(67)2)54-16-12-9-13-17-54)69-43-60(29-21-50(69)4)56-32-24-52(46-76)25-33-56/h8-44H,1-7H3. The molecule has 4 nitrogen and oxygen atoms in total. The summed E-state index contributed by atoms with van der Waals surface area (Å²) >= 11 is 0. The van der Waals surface area contributed by atoms with Crippen molar-refractivity contribution in [3.05, 3.63) is 263 Å². The summed E-state index contributed by atoms with van der Waals surface area (Å²) in [7, 11) is 0. The lowest BCUT2D eigenvalue weighted by atomic mass is 9.83. The van der Waals surface area contributed by atoms with Crippen LogP contribution in [0.2, 0.25) is 0 Å². The van der Waals surface area contributed by atoms with Crippen molar-refractivity contribution in [1.29, 1.82) is 10.5 Å². The highest BCUT2D eigenvalue weighted by Gasteiger charge is 2.29. The molecule has 0 N–H and O–H groups in total. The average molecular weight is 1000 g/mol. The molecule has 0 saturated carbocycles. The highest BCUT2D eigenvalue weighted by atomic mass is 15.2. The van der Waals surface area contributed by atoms with Gasteiger partial charge in [0, 0.05) is 38.9 Å². The number of hydrogen-bond donors (Lipinski definition) is 0. The highest BCUT2D eigenvalue weighted by molar-refractivity contribution is 6.29. The molecule has 0 unspecified atom stereocenters. The van der Waals surface area contributed by atoms with E-state index >= 15 is 0 Å². The maximum absolute atomic E-state index is 9.79. The van der Waals surface area contributed by atoms with Crippen LogP contribution in [0.15, 0.2) is 224 Å². The number of aryl methyl sites for hydroxylation is 4. The van der Waals surface area contributed by atoms with E-state index in [1.807, 2.05) is 24.3 Å². The maximum Gasteiger partial charge on any atom is 0.0991 e. The Morgan fingerprint density at radius 3 is 0.949 bits per heavy atom. The van der Waals surface area contributed by atoms with Crippen LogP contribution in [0.3, 0.4) is 0 Å². The zero-order chi connectivity index (χ0) is 53.8. The van der Waals surface area contributed by atoms with E-state index in [4.69, 9.17) is 0 Å².